The number of amides is 2. The van der Waals surface area contributed by atoms with Crippen molar-refractivity contribution in [2.75, 3.05) is 12.9 Å². The lowest BCUT2D eigenvalue weighted by molar-refractivity contribution is -0.245. The number of benzene rings is 5. The lowest BCUT2D eigenvalue weighted by Gasteiger charge is -2.36. The molecule has 0 saturated carbocycles. The summed E-state index contributed by atoms with van der Waals surface area (Å²) in [5.74, 6) is 0.279. The second-order valence-electron chi connectivity index (χ2n) is 12.3. The van der Waals surface area contributed by atoms with Crippen molar-refractivity contribution < 1.29 is 28.9 Å². The maximum absolute atomic E-state index is 12.9. The van der Waals surface area contributed by atoms with Crippen LogP contribution in [0.4, 0.5) is 4.79 Å². The minimum atomic E-state index is -0.819. The highest BCUT2D eigenvalue weighted by Crippen LogP contribution is 2.40. The molecule has 9 heteroatoms. The van der Waals surface area contributed by atoms with Crippen LogP contribution in [0.2, 0.25) is 0 Å². The number of nitrogens with one attached hydrogen (secondary N) is 2. The van der Waals surface area contributed by atoms with E-state index in [1.54, 1.807) is 11.8 Å². The van der Waals surface area contributed by atoms with Crippen molar-refractivity contribution in [3.63, 3.8) is 0 Å². The summed E-state index contributed by atoms with van der Waals surface area (Å²) in [6, 6.07) is 42.5. The number of aliphatic hydroxyl groups is 1. The summed E-state index contributed by atoms with van der Waals surface area (Å²) >= 11 is 1.77. The molecule has 5 aromatic rings. The highest BCUT2D eigenvalue weighted by atomic mass is 32.2. The van der Waals surface area contributed by atoms with Crippen molar-refractivity contribution >= 4 is 23.8 Å². The molecule has 6 rings (SSSR count). The normalized spacial score (nSPS) is 17.6. The Hall–Kier alpha value is -4.93. The van der Waals surface area contributed by atoms with Gasteiger partial charge in [0.15, 0.2) is 6.29 Å². The molecule has 1 heterocycles. The molecule has 1 fully saturated rings. The maximum Gasteiger partial charge on any atom is 0.328 e. The Morgan fingerprint density at radius 3 is 2.18 bits per heavy atom. The number of rotatable bonds is 13. The fraction of sp³-hybridized carbons (Fsp3) is 0.238. The summed E-state index contributed by atoms with van der Waals surface area (Å²) in [6.07, 6.45) is 0.272. The van der Waals surface area contributed by atoms with Crippen LogP contribution in [0.1, 0.15) is 46.6 Å². The monoisotopic (exact) mass is 702 g/mol. The predicted molar refractivity (Wildman–Crippen MR) is 199 cm³/mol. The molecule has 3 N–H and O–H groups in total. The standard InChI is InChI=1S/C42H42N2O6S/c1-48-40(46)38(24-29-10-4-2-5-11-29)44-42(47)43-26-34-12-8-9-15-37(34)31-20-22-33(23-21-31)41-49-35(28-51-36-13-6-3-7-14-36)25-39(50-41)32-18-16-30(27-45)17-19-32/h2-23,35,38-39,41,45H,24-28H2,1H3,(H2,43,44,47)/t35-,38-,39+,41+/m0/s1. The third-order valence-corrected chi connectivity index (χ3v) is 9.96. The first-order valence-electron chi connectivity index (χ1n) is 17.0. The average molecular weight is 703 g/mol. The molecule has 0 spiro atoms. The molecule has 51 heavy (non-hydrogen) atoms. The largest absolute Gasteiger partial charge is 0.467 e. The molecule has 0 aliphatic carbocycles. The van der Waals surface area contributed by atoms with Gasteiger partial charge in [0.1, 0.15) is 6.04 Å². The van der Waals surface area contributed by atoms with Gasteiger partial charge in [-0.25, -0.2) is 9.59 Å². The van der Waals surface area contributed by atoms with Crippen LogP contribution in [0.25, 0.3) is 11.1 Å². The van der Waals surface area contributed by atoms with Crippen molar-refractivity contribution in [3.05, 3.63) is 161 Å². The second-order valence-corrected chi connectivity index (χ2v) is 13.4. The summed E-state index contributed by atoms with van der Waals surface area (Å²) in [4.78, 5) is 26.6. The number of esters is 1. The van der Waals surface area contributed by atoms with Gasteiger partial charge >= 0.3 is 12.0 Å². The van der Waals surface area contributed by atoms with E-state index in [0.717, 1.165) is 44.7 Å². The van der Waals surface area contributed by atoms with E-state index in [4.69, 9.17) is 14.2 Å². The lowest BCUT2D eigenvalue weighted by Crippen LogP contribution is -2.47. The number of aliphatic hydroxyl groups excluding tert-OH is 1. The van der Waals surface area contributed by atoms with Crippen LogP contribution in [0.3, 0.4) is 0 Å². The molecule has 0 bridgehead atoms. The van der Waals surface area contributed by atoms with Gasteiger partial charge in [0.25, 0.3) is 0 Å². The maximum atomic E-state index is 12.9. The number of hydrogen-bond donors (Lipinski definition) is 3. The van der Waals surface area contributed by atoms with Gasteiger partial charge in [-0.05, 0) is 45.5 Å². The molecular weight excluding hydrogens is 661 g/mol. The first-order chi connectivity index (χ1) is 25.0. The third kappa shape index (κ3) is 9.86. The van der Waals surface area contributed by atoms with Gasteiger partial charge in [0.2, 0.25) is 0 Å². The minimum absolute atomic E-state index is 0.00274. The van der Waals surface area contributed by atoms with Crippen LogP contribution < -0.4 is 10.6 Å². The molecule has 4 atom stereocenters. The number of thioether (sulfide) groups is 1. The minimum Gasteiger partial charge on any atom is -0.467 e. The molecule has 0 unspecified atom stereocenters. The predicted octanol–water partition coefficient (Wildman–Crippen LogP) is 7.77. The van der Waals surface area contributed by atoms with Gasteiger partial charge in [-0.2, -0.15) is 0 Å². The topological polar surface area (TPSA) is 106 Å². The summed E-state index contributed by atoms with van der Waals surface area (Å²) in [7, 11) is 1.31. The van der Waals surface area contributed by atoms with E-state index < -0.39 is 24.3 Å². The molecule has 262 valence electrons. The number of ether oxygens (including phenoxy) is 3. The molecular formula is C42H42N2O6S. The van der Waals surface area contributed by atoms with E-state index in [9.17, 15) is 14.7 Å². The molecule has 0 aromatic heterocycles. The zero-order valence-electron chi connectivity index (χ0n) is 28.4. The van der Waals surface area contributed by atoms with Crippen LogP contribution in [0.5, 0.6) is 0 Å². The van der Waals surface area contributed by atoms with Crippen LogP contribution in [0.15, 0.2) is 138 Å². The van der Waals surface area contributed by atoms with Crippen molar-refractivity contribution in [1.29, 1.82) is 0 Å². The average Bonchev–Trinajstić information content (AvgIpc) is 3.19. The summed E-state index contributed by atoms with van der Waals surface area (Å²) in [6.45, 7) is 0.257. The fourth-order valence-electron chi connectivity index (χ4n) is 6.07. The number of hydrogen-bond acceptors (Lipinski definition) is 7. The first-order valence-corrected chi connectivity index (χ1v) is 18.0. The number of urea groups is 1. The Morgan fingerprint density at radius 1 is 0.804 bits per heavy atom. The Balaban J connectivity index is 1.13. The van der Waals surface area contributed by atoms with Gasteiger partial charge in [-0.3, -0.25) is 0 Å². The molecule has 8 nitrogen and oxygen atoms in total. The van der Waals surface area contributed by atoms with Crippen LogP contribution in [-0.4, -0.2) is 42.1 Å². The number of methoxy groups -OCH3 is 1. The van der Waals surface area contributed by atoms with Crippen molar-refractivity contribution in [2.24, 2.45) is 0 Å². The Labute approximate surface area is 303 Å². The van der Waals surface area contributed by atoms with Crippen LogP contribution in [0, 0.1) is 0 Å². The van der Waals surface area contributed by atoms with E-state index in [-0.39, 0.29) is 25.4 Å². The van der Waals surface area contributed by atoms with Gasteiger partial charge in [-0.1, -0.05) is 121 Å². The summed E-state index contributed by atoms with van der Waals surface area (Å²) in [5.41, 5.74) is 6.62. The molecule has 5 aromatic carbocycles. The highest BCUT2D eigenvalue weighted by Gasteiger charge is 2.32. The fourth-order valence-corrected chi connectivity index (χ4v) is 7.02. The van der Waals surface area contributed by atoms with Crippen LogP contribution in [-0.2, 0) is 38.6 Å². The molecule has 0 radical (unpaired) electrons. The van der Waals surface area contributed by atoms with E-state index in [2.05, 4.69) is 22.8 Å². The molecule has 2 amide bonds. The quantitative estimate of drug-likeness (QED) is 0.0851. The first kappa shape index (κ1) is 35.9. The Kier molecular flexibility index (Phi) is 12.5. The Morgan fingerprint density at radius 2 is 1.47 bits per heavy atom. The second kappa shape index (κ2) is 17.8. The summed E-state index contributed by atoms with van der Waals surface area (Å²) < 4.78 is 18.1. The number of carbonyl (C=O) groups excluding carboxylic acids is 2. The number of carbonyl (C=O) groups is 2. The highest BCUT2D eigenvalue weighted by molar-refractivity contribution is 7.99. The SMILES string of the molecule is COC(=O)[C@H](Cc1ccccc1)NC(=O)NCc1ccccc1-c1ccc([C@@H]2O[C@H](CSc3ccccc3)C[C@H](c3ccc(CO)cc3)O2)cc1. The third-order valence-electron chi connectivity index (χ3n) is 8.82. The summed E-state index contributed by atoms with van der Waals surface area (Å²) in [5, 5.41) is 15.2. The van der Waals surface area contributed by atoms with Gasteiger partial charge in [0.05, 0.1) is 25.9 Å². The van der Waals surface area contributed by atoms with E-state index in [0.29, 0.717) is 12.8 Å². The van der Waals surface area contributed by atoms with Gasteiger partial charge in [0, 0.05) is 35.6 Å². The van der Waals surface area contributed by atoms with Crippen LogP contribution >= 0.6 is 11.8 Å². The Bertz CT molecular complexity index is 1850. The lowest BCUT2D eigenvalue weighted by atomic mass is 9.98. The van der Waals surface area contributed by atoms with Crippen molar-refractivity contribution in [1.82, 2.24) is 10.6 Å². The smallest absolute Gasteiger partial charge is 0.328 e. The molecule has 1 aliphatic rings. The van der Waals surface area contributed by atoms with E-state index >= 15 is 0 Å². The molecule has 1 saturated heterocycles. The zero-order chi connectivity index (χ0) is 35.4. The zero-order valence-corrected chi connectivity index (χ0v) is 29.3. The van der Waals surface area contributed by atoms with Gasteiger partial charge in [-0.15, -0.1) is 11.8 Å². The van der Waals surface area contributed by atoms with E-state index in [1.165, 1.54) is 12.0 Å². The van der Waals surface area contributed by atoms with E-state index in [1.807, 2.05) is 121 Å². The van der Waals surface area contributed by atoms with Crippen molar-refractivity contribution in [2.45, 2.75) is 55.4 Å². The molecule has 1 aliphatic heterocycles. The van der Waals surface area contributed by atoms with Crippen molar-refractivity contribution in [3.8, 4) is 11.1 Å². The van der Waals surface area contributed by atoms with Gasteiger partial charge < -0.3 is 30.0 Å².